The Balaban J connectivity index is 1.11. The second-order valence-electron chi connectivity index (χ2n) is 18.2. The summed E-state index contributed by atoms with van der Waals surface area (Å²) in [6, 6.07) is 3.55. The summed E-state index contributed by atoms with van der Waals surface area (Å²) in [6.45, 7) is 12.6. The average Bonchev–Trinajstić information content (AvgIpc) is 4.13. The van der Waals surface area contributed by atoms with Crippen LogP contribution in [-0.4, -0.2) is 134 Å². The van der Waals surface area contributed by atoms with Crippen molar-refractivity contribution in [2.75, 3.05) is 46.0 Å². The second kappa shape index (κ2) is 20.4. The highest BCUT2D eigenvalue weighted by molar-refractivity contribution is 7.91. The van der Waals surface area contributed by atoms with Gasteiger partial charge in [0, 0.05) is 39.1 Å². The lowest BCUT2D eigenvalue weighted by molar-refractivity contribution is -0.141. The van der Waals surface area contributed by atoms with E-state index in [0.29, 0.717) is 39.0 Å². The van der Waals surface area contributed by atoms with Crippen molar-refractivity contribution in [3.8, 4) is 5.75 Å². The van der Waals surface area contributed by atoms with Gasteiger partial charge in [0.05, 0.1) is 31.6 Å². The molecule has 6 rings (SSSR count). The molecule has 18 heteroatoms. The normalized spacial score (nSPS) is 21.6. The zero-order valence-electron chi connectivity index (χ0n) is 36.3. The van der Waals surface area contributed by atoms with Crippen LogP contribution in [0.3, 0.4) is 0 Å². The maximum Gasteiger partial charge on any atom is 0.410 e. The number of nitrogens with one attached hydrogen (secondary N) is 3. The number of hydrogen-bond acceptors (Lipinski definition) is 12. The summed E-state index contributed by atoms with van der Waals surface area (Å²) in [5, 5.41) is 4.85. The first-order valence-electron chi connectivity index (χ1n) is 22.2. The third-order valence-electron chi connectivity index (χ3n) is 11.8. The number of likely N-dealkylation sites (tertiary alicyclic amines) is 1. The number of unbranched alkanes of at least 4 members (excludes halogenated alkanes) is 5. The molecule has 0 spiro atoms. The fourth-order valence-corrected chi connectivity index (χ4v) is 9.44. The van der Waals surface area contributed by atoms with Crippen molar-refractivity contribution >= 4 is 39.9 Å². The Morgan fingerprint density at radius 2 is 1.66 bits per heavy atom. The number of nitrogens with zero attached hydrogens (tertiary/aromatic N) is 3. The van der Waals surface area contributed by atoms with Crippen LogP contribution < -0.4 is 20.1 Å². The van der Waals surface area contributed by atoms with E-state index in [1.54, 1.807) is 25.7 Å². The van der Waals surface area contributed by atoms with Gasteiger partial charge < -0.3 is 34.5 Å². The van der Waals surface area contributed by atoms with Gasteiger partial charge in [0.25, 0.3) is 5.91 Å². The number of morpholine rings is 1. The molecule has 4 fully saturated rings. The molecule has 1 unspecified atom stereocenters. The lowest BCUT2D eigenvalue weighted by Crippen LogP contribution is -2.57. The van der Waals surface area contributed by atoms with Gasteiger partial charge in [-0.05, 0) is 82.6 Å². The Hall–Kier alpha value is -4.16. The van der Waals surface area contributed by atoms with E-state index >= 15 is 0 Å². The molecule has 0 aromatic heterocycles. The highest BCUT2D eigenvalue weighted by Crippen LogP contribution is 2.38. The van der Waals surface area contributed by atoms with Crippen LogP contribution in [0.15, 0.2) is 18.2 Å². The molecular weight excluding hydrogens is 809 g/mol. The number of benzene rings is 1. The molecule has 3 N–H and O–H groups in total. The minimum Gasteiger partial charge on any atom is -0.494 e. The first-order chi connectivity index (χ1) is 29.1. The van der Waals surface area contributed by atoms with E-state index in [2.05, 4.69) is 27.2 Å². The molecule has 5 amide bonds. The van der Waals surface area contributed by atoms with Crippen molar-refractivity contribution < 1.29 is 51.3 Å². The van der Waals surface area contributed by atoms with E-state index in [0.717, 1.165) is 88.2 Å². The summed E-state index contributed by atoms with van der Waals surface area (Å²) in [7, 11) is -3.86. The summed E-state index contributed by atoms with van der Waals surface area (Å²) < 4.78 is 50.3. The Morgan fingerprint density at radius 3 is 2.34 bits per heavy atom. The van der Waals surface area contributed by atoms with E-state index in [9.17, 15) is 32.4 Å². The zero-order valence-corrected chi connectivity index (χ0v) is 37.2. The highest BCUT2D eigenvalue weighted by atomic mass is 32.2. The van der Waals surface area contributed by atoms with E-state index in [-0.39, 0.29) is 32.2 Å². The lowest BCUT2D eigenvalue weighted by atomic mass is 10.0. The molecule has 1 aromatic rings. The number of ether oxygens (including phenoxy) is 4. The molecule has 2 aliphatic carbocycles. The van der Waals surface area contributed by atoms with Crippen molar-refractivity contribution in [3.05, 3.63) is 29.3 Å². The first-order valence-corrected chi connectivity index (χ1v) is 23.8. The van der Waals surface area contributed by atoms with E-state index in [1.165, 1.54) is 4.90 Å². The van der Waals surface area contributed by atoms with Gasteiger partial charge in [-0.2, -0.15) is 0 Å². The van der Waals surface area contributed by atoms with Crippen LogP contribution in [0.2, 0.25) is 0 Å². The van der Waals surface area contributed by atoms with Gasteiger partial charge in [0.2, 0.25) is 21.8 Å². The highest BCUT2D eigenvalue weighted by Gasteiger charge is 2.55. The third kappa shape index (κ3) is 13.2. The predicted molar refractivity (Wildman–Crippen MR) is 225 cm³/mol. The Kier molecular flexibility index (Phi) is 15.5. The van der Waals surface area contributed by atoms with E-state index in [4.69, 9.17) is 18.9 Å². The molecule has 2 saturated carbocycles. The minimum absolute atomic E-state index is 0.0687. The van der Waals surface area contributed by atoms with Crippen LogP contribution in [0.1, 0.15) is 122 Å². The molecule has 0 radical (unpaired) electrons. The number of alkyl carbamates (subject to hydrolysis) is 1. The fourth-order valence-electron chi connectivity index (χ4n) is 8.06. The van der Waals surface area contributed by atoms with Gasteiger partial charge in [0.15, 0.2) is 0 Å². The Bertz CT molecular complexity index is 1840. The monoisotopic (exact) mass is 874 g/mol. The number of carbonyl (C=O) groups is 5. The van der Waals surface area contributed by atoms with Crippen molar-refractivity contribution in [2.24, 2.45) is 0 Å². The maximum absolute atomic E-state index is 14.5. The molecule has 61 heavy (non-hydrogen) atoms. The van der Waals surface area contributed by atoms with Crippen LogP contribution in [0.4, 0.5) is 9.59 Å². The quantitative estimate of drug-likeness (QED) is 0.159. The van der Waals surface area contributed by atoms with Crippen LogP contribution >= 0.6 is 0 Å². The molecule has 3 atom stereocenters. The molecular formula is C43H66N6O11S. The van der Waals surface area contributed by atoms with E-state index in [1.807, 2.05) is 18.2 Å². The largest absolute Gasteiger partial charge is 0.494 e. The van der Waals surface area contributed by atoms with Crippen LogP contribution in [0, 0.1) is 0 Å². The summed E-state index contributed by atoms with van der Waals surface area (Å²) >= 11 is 0. The summed E-state index contributed by atoms with van der Waals surface area (Å²) in [5.41, 5.74) is -0.375. The van der Waals surface area contributed by atoms with Gasteiger partial charge in [0.1, 0.15) is 35.1 Å². The first kappa shape index (κ1) is 46.3. The van der Waals surface area contributed by atoms with Gasteiger partial charge in [-0.15, -0.1) is 0 Å². The maximum atomic E-state index is 14.5. The third-order valence-corrected chi connectivity index (χ3v) is 13.7. The molecule has 1 aromatic carbocycles. The number of amides is 5. The summed E-state index contributed by atoms with van der Waals surface area (Å²) in [5.74, 6) is -1.31. The standard InChI is InChI=1S/C43H66N6O11S/c1-5-6-7-8-9-10-12-35(44-40(53)60-42(2,3)4)38(51)49-29-33(26-36(49)37(50)45-43(17-18-43)39(52)46-61(55,56)34-15-16-34)59-41(54)48-27-30-13-14-32(25-31(30)28-48)58-22-11-19-47-20-23-57-24-21-47/h13-14,25,33-36H,5-12,15-24,26-29H2,1-4H3,(H,44,53)(H,45,50)(H,46,52)/t33-,35+,36?/m1/s1. The lowest BCUT2D eigenvalue weighted by Gasteiger charge is -2.30. The number of rotatable bonds is 20. The Morgan fingerprint density at radius 1 is 0.951 bits per heavy atom. The predicted octanol–water partition coefficient (Wildman–Crippen LogP) is 4.11. The Labute approximate surface area is 360 Å². The van der Waals surface area contributed by atoms with Crippen molar-refractivity contribution in [1.29, 1.82) is 0 Å². The van der Waals surface area contributed by atoms with Crippen molar-refractivity contribution in [2.45, 2.75) is 159 Å². The van der Waals surface area contributed by atoms with Crippen molar-refractivity contribution in [1.82, 2.24) is 30.1 Å². The minimum atomic E-state index is -3.86. The second-order valence-corrected chi connectivity index (χ2v) is 20.2. The smallest absolute Gasteiger partial charge is 0.410 e. The molecule has 5 aliphatic rings. The molecule has 3 aliphatic heterocycles. The fraction of sp³-hybridized carbons (Fsp3) is 0.744. The molecule has 340 valence electrons. The SMILES string of the molecule is CCCCCCCC[C@H](NC(=O)OC(C)(C)C)C(=O)N1C[C@H](OC(=O)N2Cc3ccc(OCCCN4CCOCC4)cc3C2)CC1C(=O)NC1(C(=O)NS(=O)(=O)C2CC2)CC1. The van der Waals surface area contributed by atoms with Crippen LogP contribution in [0.25, 0.3) is 0 Å². The summed E-state index contributed by atoms with van der Waals surface area (Å²) in [4.78, 5) is 73.9. The van der Waals surface area contributed by atoms with E-state index < -0.39 is 74.5 Å². The number of carbonyl (C=O) groups excluding carboxylic acids is 5. The topological polar surface area (TPSA) is 202 Å². The van der Waals surface area contributed by atoms with Gasteiger partial charge >= 0.3 is 12.2 Å². The van der Waals surface area contributed by atoms with Gasteiger partial charge in [-0.3, -0.25) is 28.9 Å². The molecule has 3 heterocycles. The number of sulfonamides is 1. The summed E-state index contributed by atoms with van der Waals surface area (Å²) in [6.07, 6.45) is 5.88. The molecule has 17 nitrogen and oxygen atoms in total. The zero-order chi connectivity index (χ0) is 43.8. The average molecular weight is 875 g/mol. The van der Waals surface area contributed by atoms with Gasteiger partial charge in [-0.25, -0.2) is 18.0 Å². The van der Waals surface area contributed by atoms with Gasteiger partial charge in [-0.1, -0.05) is 51.5 Å². The number of hydrogen-bond donors (Lipinski definition) is 3. The van der Waals surface area contributed by atoms with Crippen LogP contribution in [0.5, 0.6) is 5.75 Å². The molecule has 0 bridgehead atoms. The number of fused-ring (bicyclic) bond motifs is 1. The van der Waals surface area contributed by atoms with Crippen LogP contribution in [-0.2, 0) is 51.7 Å². The molecule has 2 saturated heterocycles. The van der Waals surface area contributed by atoms with Crippen molar-refractivity contribution in [3.63, 3.8) is 0 Å².